The number of halogens is 1. The molecule has 1 aliphatic carbocycles. The van der Waals surface area contributed by atoms with Crippen LogP contribution in [0.2, 0.25) is 4.34 Å². The molecule has 4 heteroatoms. The number of hydrogen-bond donors (Lipinski definition) is 1. The molecule has 0 aliphatic heterocycles. The number of rotatable bonds is 4. The Bertz CT molecular complexity index is 559. The summed E-state index contributed by atoms with van der Waals surface area (Å²) in [6.45, 7) is 4.74. The highest BCUT2D eigenvalue weighted by Gasteiger charge is 2.32. The lowest BCUT2D eigenvalue weighted by atomic mass is 9.92. The first kappa shape index (κ1) is 14.6. The molecule has 1 N–H and O–H groups in total. The molecule has 0 aromatic carbocycles. The van der Waals surface area contributed by atoms with Crippen molar-refractivity contribution >= 4 is 34.3 Å². The fraction of sp³-hybridized carbons (Fsp3) is 0.500. The van der Waals surface area contributed by atoms with E-state index in [4.69, 9.17) is 11.6 Å². The van der Waals surface area contributed by atoms with Gasteiger partial charge in [-0.3, -0.25) is 0 Å². The zero-order chi connectivity index (χ0) is 14.2. The van der Waals surface area contributed by atoms with Crippen LogP contribution < -0.4 is 5.32 Å². The lowest BCUT2D eigenvalue weighted by molar-refractivity contribution is 0.360. The number of nitrogens with one attached hydrogen (secondary N) is 1. The summed E-state index contributed by atoms with van der Waals surface area (Å²) in [6.07, 6.45) is 3.84. The van der Waals surface area contributed by atoms with Gasteiger partial charge in [0.1, 0.15) is 0 Å². The van der Waals surface area contributed by atoms with Crippen LogP contribution in [0.3, 0.4) is 0 Å². The fourth-order valence-corrected chi connectivity index (χ4v) is 5.08. The van der Waals surface area contributed by atoms with Crippen molar-refractivity contribution in [3.05, 3.63) is 43.7 Å². The van der Waals surface area contributed by atoms with E-state index in [0.29, 0.717) is 17.5 Å². The average Bonchev–Trinajstić information content (AvgIpc) is 3.08. The monoisotopic (exact) mass is 325 g/mol. The lowest BCUT2D eigenvalue weighted by Gasteiger charge is -2.23. The summed E-state index contributed by atoms with van der Waals surface area (Å²) in [5, 5.41) is 6.02. The third kappa shape index (κ3) is 3.28. The molecular formula is C16H20ClNS2. The Hall–Kier alpha value is -0.350. The Kier molecular flexibility index (Phi) is 4.23. The summed E-state index contributed by atoms with van der Waals surface area (Å²) in [6, 6.07) is 9.41. The van der Waals surface area contributed by atoms with Gasteiger partial charge in [0.25, 0.3) is 0 Å². The zero-order valence-corrected chi connectivity index (χ0v) is 14.2. The molecule has 3 rings (SSSR count). The minimum absolute atomic E-state index is 0.298. The van der Waals surface area contributed by atoms with E-state index in [1.54, 1.807) is 11.3 Å². The Morgan fingerprint density at radius 2 is 2.15 bits per heavy atom. The maximum Gasteiger partial charge on any atom is 0.0931 e. The van der Waals surface area contributed by atoms with E-state index in [9.17, 15) is 0 Å². The third-order valence-corrected chi connectivity index (χ3v) is 6.31. The minimum atomic E-state index is 0.298. The van der Waals surface area contributed by atoms with Gasteiger partial charge in [-0.15, -0.1) is 22.7 Å². The predicted octanol–water partition coefficient (Wildman–Crippen LogP) is 5.72. The van der Waals surface area contributed by atoms with Gasteiger partial charge in [-0.05, 0) is 48.3 Å². The Balaban J connectivity index is 1.80. The summed E-state index contributed by atoms with van der Waals surface area (Å²) in [5.74, 6) is 0. The highest BCUT2D eigenvalue weighted by atomic mass is 35.5. The van der Waals surface area contributed by atoms with E-state index in [-0.39, 0.29) is 0 Å². The Morgan fingerprint density at radius 3 is 2.70 bits per heavy atom. The van der Waals surface area contributed by atoms with Crippen molar-refractivity contribution in [2.75, 3.05) is 0 Å². The first-order valence-electron chi connectivity index (χ1n) is 7.08. The van der Waals surface area contributed by atoms with Gasteiger partial charge in [-0.2, -0.15) is 0 Å². The average molecular weight is 326 g/mol. The molecule has 108 valence electrons. The van der Waals surface area contributed by atoms with Gasteiger partial charge >= 0.3 is 0 Å². The van der Waals surface area contributed by atoms with Crippen LogP contribution >= 0.6 is 34.3 Å². The largest absolute Gasteiger partial charge is 0.302 e. The van der Waals surface area contributed by atoms with Gasteiger partial charge in [0.2, 0.25) is 0 Å². The van der Waals surface area contributed by atoms with E-state index >= 15 is 0 Å². The van der Waals surface area contributed by atoms with Gasteiger partial charge in [-0.25, -0.2) is 0 Å². The fourth-order valence-electron chi connectivity index (χ4n) is 3.06. The highest BCUT2D eigenvalue weighted by molar-refractivity contribution is 7.16. The van der Waals surface area contributed by atoms with Crippen molar-refractivity contribution in [2.24, 2.45) is 5.41 Å². The van der Waals surface area contributed by atoms with Crippen LogP contribution in [0.15, 0.2) is 29.6 Å². The topological polar surface area (TPSA) is 12.0 Å². The smallest absolute Gasteiger partial charge is 0.0931 e. The van der Waals surface area contributed by atoms with Crippen LogP contribution in [-0.2, 0) is 0 Å². The molecule has 0 radical (unpaired) electrons. The van der Waals surface area contributed by atoms with Crippen LogP contribution in [0.1, 0.15) is 48.9 Å². The Morgan fingerprint density at radius 1 is 1.30 bits per heavy atom. The number of hydrogen-bond acceptors (Lipinski definition) is 3. The maximum atomic E-state index is 6.12. The van der Waals surface area contributed by atoms with Crippen LogP contribution in [0.5, 0.6) is 0 Å². The second-order valence-corrected chi connectivity index (χ2v) is 9.09. The second kappa shape index (κ2) is 5.80. The summed E-state index contributed by atoms with van der Waals surface area (Å²) in [4.78, 5) is 2.70. The third-order valence-electron chi connectivity index (χ3n) is 4.08. The van der Waals surface area contributed by atoms with Crippen molar-refractivity contribution in [1.82, 2.24) is 5.32 Å². The molecule has 1 saturated carbocycles. The minimum Gasteiger partial charge on any atom is -0.302 e. The van der Waals surface area contributed by atoms with Gasteiger partial charge in [0.05, 0.1) is 10.4 Å². The molecule has 2 heterocycles. The quantitative estimate of drug-likeness (QED) is 0.758. The number of thiophene rings is 2. The van der Waals surface area contributed by atoms with Crippen molar-refractivity contribution in [2.45, 2.75) is 45.2 Å². The van der Waals surface area contributed by atoms with Gasteiger partial charge < -0.3 is 5.32 Å². The van der Waals surface area contributed by atoms with E-state index in [2.05, 4.69) is 42.7 Å². The van der Waals surface area contributed by atoms with Crippen LogP contribution in [0.25, 0.3) is 0 Å². The molecule has 2 atom stereocenters. The van der Waals surface area contributed by atoms with Crippen LogP contribution in [0, 0.1) is 5.41 Å². The summed E-state index contributed by atoms with van der Waals surface area (Å²) < 4.78 is 0.870. The van der Waals surface area contributed by atoms with Gasteiger partial charge in [0, 0.05) is 15.8 Å². The second-order valence-electron chi connectivity index (χ2n) is 6.36. The van der Waals surface area contributed by atoms with E-state index in [0.717, 1.165) is 4.34 Å². The molecular weight excluding hydrogens is 306 g/mol. The van der Waals surface area contributed by atoms with Crippen molar-refractivity contribution in [3.8, 4) is 0 Å². The zero-order valence-electron chi connectivity index (χ0n) is 11.9. The molecule has 0 saturated heterocycles. The first-order valence-corrected chi connectivity index (χ1v) is 9.16. The van der Waals surface area contributed by atoms with E-state index in [1.165, 1.54) is 29.0 Å². The molecule has 1 aliphatic rings. The molecule has 2 aromatic heterocycles. The summed E-state index contributed by atoms with van der Waals surface area (Å²) >= 11 is 9.63. The molecule has 1 nitrogen and oxygen atoms in total. The molecule has 2 unspecified atom stereocenters. The summed E-state index contributed by atoms with van der Waals surface area (Å²) in [5.41, 5.74) is 0.477. The standard InChI is InChI=1S/C16H20ClNS2/c1-16(2)8-7-11(10-16)18-15(12-4-3-9-19-12)13-5-6-14(17)20-13/h3-6,9,11,15,18H,7-8,10H2,1-2H3. The van der Waals surface area contributed by atoms with Crippen molar-refractivity contribution in [3.63, 3.8) is 0 Å². The van der Waals surface area contributed by atoms with Crippen LogP contribution in [-0.4, -0.2) is 6.04 Å². The maximum absolute atomic E-state index is 6.12. The predicted molar refractivity (Wildman–Crippen MR) is 90.0 cm³/mol. The van der Waals surface area contributed by atoms with Crippen LogP contribution in [0.4, 0.5) is 0 Å². The molecule has 20 heavy (non-hydrogen) atoms. The molecule has 0 bridgehead atoms. The van der Waals surface area contributed by atoms with Crippen molar-refractivity contribution in [1.29, 1.82) is 0 Å². The normalized spacial score (nSPS) is 23.1. The van der Waals surface area contributed by atoms with Gasteiger partial charge in [-0.1, -0.05) is 31.5 Å². The Labute approximate surface area is 134 Å². The van der Waals surface area contributed by atoms with E-state index < -0.39 is 0 Å². The molecule has 0 amide bonds. The summed E-state index contributed by atoms with van der Waals surface area (Å²) in [7, 11) is 0. The molecule has 1 fully saturated rings. The van der Waals surface area contributed by atoms with E-state index in [1.807, 2.05) is 17.4 Å². The lowest BCUT2D eigenvalue weighted by Crippen LogP contribution is -2.31. The van der Waals surface area contributed by atoms with Crippen molar-refractivity contribution < 1.29 is 0 Å². The first-order chi connectivity index (χ1) is 9.53. The SMILES string of the molecule is CC1(C)CCC(NC(c2cccs2)c2ccc(Cl)s2)C1. The highest BCUT2D eigenvalue weighted by Crippen LogP contribution is 2.40. The van der Waals surface area contributed by atoms with Gasteiger partial charge in [0.15, 0.2) is 0 Å². The molecule has 0 spiro atoms. The molecule has 2 aromatic rings.